The van der Waals surface area contributed by atoms with E-state index in [2.05, 4.69) is 6.58 Å². The molecule has 10 heavy (non-hydrogen) atoms. The largest absolute Gasteiger partial charge is 0.389 e. The maximum Gasteiger partial charge on any atom is 0.0712 e. The highest BCUT2D eigenvalue weighted by molar-refractivity contribution is 5.09. The van der Waals surface area contributed by atoms with E-state index in [1.165, 1.54) is 12.8 Å². The summed E-state index contributed by atoms with van der Waals surface area (Å²) in [4.78, 5) is 0. The molecule has 0 aromatic carbocycles. The average molecular weight is 138 g/mol. The minimum Gasteiger partial charge on any atom is -0.389 e. The summed E-state index contributed by atoms with van der Waals surface area (Å²) in [6, 6.07) is 0. The quantitative estimate of drug-likeness (QED) is 0.576. The van der Waals surface area contributed by atoms with Gasteiger partial charge in [0.2, 0.25) is 0 Å². The Kier molecular flexibility index (Phi) is 1.19. The second-order valence-corrected chi connectivity index (χ2v) is 3.74. The fourth-order valence-electron chi connectivity index (χ4n) is 2.35. The van der Waals surface area contributed by atoms with Crippen LogP contribution >= 0.6 is 0 Å². The molecule has 2 aliphatic carbocycles. The van der Waals surface area contributed by atoms with Crippen LogP contribution in [-0.2, 0) is 0 Å². The van der Waals surface area contributed by atoms with Crippen molar-refractivity contribution in [2.24, 2.45) is 11.8 Å². The smallest absolute Gasteiger partial charge is 0.0712 e. The predicted octanol–water partition coefficient (Wildman–Crippen LogP) is 1.72. The SMILES string of the molecule is C=CCC1(O)CCC2CC21. The molecular formula is C9H14O. The summed E-state index contributed by atoms with van der Waals surface area (Å²) >= 11 is 0. The molecule has 3 unspecified atom stereocenters. The normalized spacial score (nSPS) is 50.5. The fraction of sp³-hybridized carbons (Fsp3) is 0.778. The average Bonchev–Trinajstić information content (AvgIpc) is 2.58. The highest BCUT2D eigenvalue weighted by Gasteiger charge is 2.56. The van der Waals surface area contributed by atoms with Gasteiger partial charge in [0.1, 0.15) is 0 Å². The molecule has 2 saturated carbocycles. The fourth-order valence-corrected chi connectivity index (χ4v) is 2.35. The van der Waals surface area contributed by atoms with E-state index in [0.29, 0.717) is 5.92 Å². The van der Waals surface area contributed by atoms with Crippen molar-refractivity contribution >= 4 is 0 Å². The van der Waals surface area contributed by atoms with E-state index in [1.54, 1.807) is 0 Å². The van der Waals surface area contributed by atoms with E-state index >= 15 is 0 Å². The first-order valence-electron chi connectivity index (χ1n) is 4.09. The Labute approximate surface area is 61.8 Å². The minimum atomic E-state index is -0.341. The molecule has 0 radical (unpaired) electrons. The van der Waals surface area contributed by atoms with Crippen molar-refractivity contribution in [2.45, 2.75) is 31.3 Å². The first-order chi connectivity index (χ1) is 4.76. The molecule has 2 aliphatic rings. The third-order valence-corrected chi connectivity index (χ3v) is 3.06. The van der Waals surface area contributed by atoms with Gasteiger partial charge in [-0.15, -0.1) is 6.58 Å². The molecule has 0 spiro atoms. The van der Waals surface area contributed by atoms with E-state index in [4.69, 9.17) is 0 Å². The van der Waals surface area contributed by atoms with Gasteiger partial charge in [0, 0.05) is 0 Å². The Balaban J connectivity index is 2.06. The molecule has 56 valence electrons. The lowest BCUT2D eigenvalue weighted by Gasteiger charge is -2.22. The maximum absolute atomic E-state index is 9.93. The van der Waals surface area contributed by atoms with Crippen LogP contribution in [0, 0.1) is 11.8 Å². The number of fused-ring (bicyclic) bond motifs is 1. The summed E-state index contributed by atoms with van der Waals surface area (Å²) in [6.45, 7) is 3.66. The van der Waals surface area contributed by atoms with Gasteiger partial charge in [-0.25, -0.2) is 0 Å². The van der Waals surface area contributed by atoms with E-state index in [9.17, 15) is 5.11 Å². The van der Waals surface area contributed by atoms with Crippen LogP contribution < -0.4 is 0 Å². The molecule has 1 heteroatoms. The Morgan fingerprint density at radius 1 is 1.70 bits per heavy atom. The van der Waals surface area contributed by atoms with Crippen molar-refractivity contribution in [1.82, 2.24) is 0 Å². The molecule has 1 nitrogen and oxygen atoms in total. The van der Waals surface area contributed by atoms with Crippen LogP contribution in [0.5, 0.6) is 0 Å². The molecule has 0 aromatic rings. The second-order valence-electron chi connectivity index (χ2n) is 3.74. The predicted molar refractivity (Wildman–Crippen MR) is 40.6 cm³/mol. The number of aliphatic hydroxyl groups is 1. The summed E-state index contributed by atoms with van der Waals surface area (Å²) in [6.07, 6.45) is 6.17. The molecule has 0 amide bonds. The molecule has 2 fully saturated rings. The van der Waals surface area contributed by atoms with Crippen molar-refractivity contribution in [2.75, 3.05) is 0 Å². The Morgan fingerprint density at radius 3 is 2.90 bits per heavy atom. The lowest BCUT2D eigenvalue weighted by molar-refractivity contribution is 0.0281. The van der Waals surface area contributed by atoms with Crippen LogP contribution in [0.1, 0.15) is 25.7 Å². The Morgan fingerprint density at radius 2 is 2.50 bits per heavy atom. The van der Waals surface area contributed by atoms with Gasteiger partial charge in [-0.2, -0.15) is 0 Å². The molecule has 0 aliphatic heterocycles. The van der Waals surface area contributed by atoms with Gasteiger partial charge in [-0.3, -0.25) is 0 Å². The van der Waals surface area contributed by atoms with E-state index in [-0.39, 0.29) is 5.60 Å². The minimum absolute atomic E-state index is 0.341. The molecule has 0 heterocycles. The van der Waals surface area contributed by atoms with Crippen LogP contribution in [0.3, 0.4) is 0 Å². The number of rotatable bonds is 2. The van der Waals surface area contributed by atoms with Crippen LogP contribution in [0.15, 0.2) is 12.7 Å². The van der Waals surface area contributed by atoms with Gasteiger partial charge < -0.3 is 5.11 Å². The monoisotopic (exact) mass is 138 g/mol. The number of hydrogen-bond acceptors (Lipinski definition) is 1. The standard InChI is InChI=1S/C9H14O/c1-2-4-9(10)5-3-7-6-8(7)9/h2,7-8,10H,1,3-6H2. The summed E-state index contributed by atoms with van der Waals surface area (Å²) in [5, 5.41) is 9.93. The molecule has 2 rings (SSSR count). The Hall–Kier alpha value is -0.300. The highest BCUT2D eigenvalue weighted by atomic mass is 16.3. The maximum atomic E-state index is 9.93. The first kappa shape index (κ1) is 6.41. The topological polar surface area (TPSA) is 20.2 Å². The van der Waals surface area contributed by atoms with Gasteiger partial charge in [-0.05, 0) is 37.5 Å². The molecule has 0 saturated heterocycles. The summed E-state index contributed by atoms with van der Waals surface area (Å²) in [5.74, 6) is 1.50. The van der Waals surface area contributed by atoms with Crippen LogP contribution in [0.4, 0.5) is 0 Å². The van der Waals surface area contributed by atoms with Crippen LogP contribution in [0.25, 0.3) is 0 Å². The highest BCUT2D eigenvalue weighted by Crippen LogP contribution is 2.58. The molecular weight excluding hydrogens is 124 g/mol. The summed E-state index contributed by atoms with van der Waals surface area (Å²) < 4.78 is 0. The van der Waals surface area contributed by atoms with Crippen LogP contribution in [0.2, 0.25) is 0 Å². The lowest BCUT2D eigenvalue weighted by atomic mass is 9.94. The molecule has 3 atom stereocenters. The zero-order valence-corrected chi connectivity index (χ0v) is 6.21. The third kappa shape index (κ3) is 0.734. The molecule has 1 N–H and O–H groups in total. The van der Waals surface area contributed by atoms with E-state index < -0.39 is 0 Å². The van der Waals surface area contributed by atoms with Crippen LogP contribution in [-0.4, -0.2) is 10.7 Å². The third-order valence-electron chi connectivity index (χ3n) is 3.06. The van der Waals surface area contributed by atoms with Crippen molar-refractivity contribution < 1.29 is 5.11 Å². The van der Waals surface area contributed by atoms with Gasteiger partial charge in [0.05, 0.1) is 5.60 Å². The van der Waals surface area contributed by atoms with Crippen molar-refractivity contribution in [3.05, 3.63) is 12.7 Å². The van der Waals surface area contributed by atoms with Gasteiger partial charge in [0.15, 0.2) is 0 Å². The van der Waals surface area contributed by atoms with Gasteiger partial charge >= 0.3 is 0 Å². The number of hydrogen-bond donors (Lipinski definition) is 1. The lowest BCUT2D eigenvalue weighted by Crippen LogP contribution is -2.27. The second kappa shape index (κ2) is 1.85. The van der Waals surface area contributed by atoms with E-state index in [0.717, 1.165) is 18.8 Å². The van der Waals surface area contributed by atoms with Crippen molar-refractivity contribution in [3.8, 4) is 0 Å². The summed E-state index contributed by atoms with van der Waals surface area (Å²) in [5.41, 5.74) is -0.341. The Bertz CT molecular complexity index is 164. The first-order valence-corrected chi connectivity index (χ1v) is 4.09. The molecule has 0 bridgehead atoms. The van der Waals surface area contributed by atoms with E-state index in [1.807, 2.05) is 6.08 Å². The zero-order valence-electron chi connectivity index (χ0n) is 6.21. The van der Waals surface area contributed by atoms with Gasteiger partial charge in [-0.1, -0.05) is 6.08 Å². The van der Waals surface area contributed by atoms with Crippen molar-refractivity contribution in [1.29, 1.82) is 0 Å². The summed E-state index contributed by atoms with van der Waals surface area (Å²) in [7, 11) is 0. The zero-order chi connectivity index (χ0) is 7.19. The van der Waals surface area contributed by atoms with Crippen molar-refractivity contribution in [3.63, 3.8) is 0 Å². The molecule has 0 aromatic heterocycles. The van der Waals surface area contributed by atoms with Gasteiger partial charge in [0.25, 0.3) is 0 Å².